The minimum atomic E-state index is -3.40. The predicted molar refractivity (Wildman–Crippen MR) is 72.1 cm³/mol. The molecule has 0 spiro atoms. The van der Waals surface area contributed by atoms with Crippen molar-refractivity contribution in [3.63, 3.8) is 0 Å². The molecule has 1 aromatic rings. The van der Waals surface area contributed by atoms with Crippen LogP contribution >= 0.6 is 0 Å². The molecular formula is C13H16N2O2S. The smallest absolute Gasteiger partial charge is 0.158 e. The van der Waals surface area contributed by atoms with Crippen molar-refractivity contribution in [3.05, 3.63) is 41.6 Å². The van der Waals surface area contributed by atoms with Crippen LogP contribution in [-0.2, 0) is 9.84 Å². The summed E-state index contributed by atoms with van der Waals surface area (Å²) in [6.07, 6.45) is 1.11. The number of nitrogens with zero attached hydrogens (tertiary/aromatic N) is 1. The van der Waals surface area contributed by atoms with Gasteiger partial charge < -0.3 is 5.73 Å². The fraction of sp³-hybridized carbons (Fsp3) is 0.308. The van der Waals surface area contributed by atoms with Crippen molar-refractivity contribution in [1.29, 1.82) is 5.26 Å². The zero-order valence-electron chi connectivity index (χ0n) is 10.6. The highest BCUT2D eigenvalue weighted by molar-refractivity contribution is 7.92. The first-order chi connectivity index (χ1) is 8.21. The topological polar surface area (TPSA) is 83.9 Å². The van der Waals surface area contributed by atoms with Crippen LogP contribution in [0.4, 0.5) is 0 Å². The van der Waals surface area contributed by atoms with E-state index in [9.17, 15) is 13.7 Å². The third-order valence-corrected chi connectivity index (χ3v) is 5.09. The molecule has 0 fully saturated rings. The summed E-state index contributed by atoms with van der Waals surface area (Å²) in [4.78, 5) is 0. The van der Waals surface area contributed by atoms with Gasteiger partial charge in [-0.05, 0) is 19.4 Å². The molecular weight excluding hydrogens is 248 g/mol. The second-order valence-corrected chi connectivity index (χ2v) is 7.11. The van der Waals surface area contributed by atoms with Gasteiger partial charge in [0.15, 0.2) is 9.84 Å². The number of rotatable bonds is 3. The van der Waals surface area contributed by atoms with Gasteiger partial charge in [-0.1, -0.05) is 30.3 Å². The molecule has 0 aliphatic heterocycles. The lowest BCUT2D eigenvalue weighted by Crippen LogP contribution is -2.37. The largest absolute Gasteiger partial charge is 0.400 e. The van der Waals surface area contributed by atoms with Crippen LogP contribution in [0, 0.1) is 11.3 Å². The van der Waals surface area contributed by atoms with E-state index in [1.54, 1.807) is 24.3 Å². The molecule has 0 heterocycles. The Morgan fingerprint density at radius 1 is 1.28 bits per heavy atom. The first-order valence-corrected chi connectivity index (χ1v) is 7.26. The first kappa shape index (κ1) is 14.3. The molecule has 0 aliphatic carbocycles. The van der Waals surface area contributed by atoms with E-state index < -0.39 is 14.6 Å². The van der Waals surface area contributed by atoms with E-state index in [0.29, 0.717) is 5.56 Å². The molecule has 0 radical (unpaired) electrons. The number of benzene rings is 1. The van der Waals surface area contributed by atoms with E-state index in [1.165, 1.54) is 13.8 Å². The van der Waals surface area contributed by atoms with Crippen LogP contribution in [0.25, 0.3) is 5.57 Å². The van der Waals surface area contributed by atoms with Crippen molar-refractivity contribution in [2.75, 3.05) is 6.26 Å². The minimum absolute atomic E-state index is 0.0682. The molecule has 0 aromatic heterocycles. The number of hydrogen-bond donors (Lipinski definition) is 1. The molecule has 4 nitrogen and oxygen atoms in total. The maximum atomic E-state index is 11.7. The van der Waals surface area contributed by atoms with Gasteiger partial charge in [-0.3, -0.25) is 0 Å². The van der Waals surface area contributed by atoms with Crippen LogP contribution in [0.2, 0.25) is 0 Å². The molecule has 0 saturated carbocycles. The third kappa shape index (κ3) is 2.54. The lowest BCUT2D eigenvalue weighted by atomic mass is 9.99. The number of allylic oxidation sites excluding steroid dienone is 1. The lowest BCUT2D eigenvalue weighted by Gasteiger charge is -2.24. The Kier molecular flexibility index (Phi) is 3.82. The Morgan fingerprint density at radius 2 is 1.78 bits per heavy atom. The molecule has 0 unspecified atom stereocenters. The van der Waals surface area contributed by atoms with E-state index in [1.807, 2.05) is 12.1 Å². The monoisotopic (exact) mass is 264 g/mol. The Labute approximate surface area is 108 Å². The van der Waals surface area contributed by atoms with Gasteiger partial charge in [-0.15, -0.1) is 0 Å². The normalized spacial score (nSPS) is 13.7. The highest BCUT2D eigenvalue weighted by Gasteiger charge is 2.35. The molecule has 0 atom stereocenters. The summed E-state index contributed by atoms with van der Waals surface area (Å²) in [5, 5.41) is 9.20. The van der Waals surface area contributed by atoms with Gasteiger partial charge in [0.1, 0.15) is 10.8 Å². The minimum Gasteiger partial charge on any atom is -0.400 e. The van der Waals surface area contributed by atoms with Gasteiger partial charge in [-0.2, -0.15) is 5.26 Å². The van der Waals surface area contributed by atoms with E-state index in [4.69, 9.17) is 5.73 Å². The fourth-order valence-corrected chi connectivity index (χ4v) is 1.89. The van der Waals surface area contributed by atoms with E-state index in [2.05, 4.69) is 0 Å². The van der Waals surface area contributed by atoms with Gasteiger partial charge in [0.05, 0.1) is 5.57 Å². The van der Waals surface area contributed by atoms with Crippen LogP contribution in [0.5, 0.6) is 0 Å². The molecule has 18 heavy (non-hydrogen) atoms. The Balaban J connectivity index is 3.49. The van der Waals surface area contributed by atoms with E-state index in [0.717, 1.165) is 6.26 Å². The molecule has 0 amide bonds. The summed E-state index contributed by atoms with van der Waals surface area (Å²) >= 11 is 0. The second kappa shape index (κ2) is 4.83. The number of nitriles is 1. The summed E-state index contributed by atoms with van der Waals surface area (Å²) in [5.74, 6) is 0. The molecule has 0 bridgehead atoms. The third-order valence-electron chi connectivity index (χ3n) is 3.02. The maximum Gasteiger partial charge on any atom is 0.158 e. The van der Waals surface area contributed by atoms with Gasteiger partial charge in [0.25, 0.3) is 0 Å². The van der Waals surface area contributed by atoms with Crippen LogP contribution in [0.3, 0.4) is 0 Å². The zero-order valence-corrected chi connectivity index (χ0v) is 11.5. The number of hydrogen-bond acceptors (Lipinski definition) is 4. The molecule has 2 N–H and O–H groups in total. The van der Waals surface area contributed by atoms with Gasteiger partial charge in [-0.25, -0.2) is 8.42 Å². The highest BCUT2D eigenvalue weighted by Crippen LogP contribution is 2.28. The van der Waals surface area contributed by atoms with Crippen molar-refractivity contribution in [2.24, 2.45) is 5.73 Å². The molecule has 96 valence electrons. The Morgan fingerprint density at radius 3 is 2.17 bits per heavy atom. The Hall–Kier alpha value is -1.80. The fourth-order valence-electron chi connectivity index (χ4n) is 1.39. The zero-order chi connectivity index (χ0) is 14.0. The quantitative estimate of drug-likeness (QED) is 0.842. The van der Waals surface area contributed by atoms with Crippen LogP contribution in [0.1, 0.15) is 19.4 Å². The second-order valence-electron chi connectivity index (χ2n) is 4.55. The van der Waals surface area contributed by atoms with Crippen LogP contribution in [-0.4, -0.2) is 19.4 Å². The van der Waals surface area contributed by atoms with Gasteiger partial charge in [0.2, 0.25) is 0 Å². The molecule has 0 saturated heterocycles. The lowest BCUT2D eigenvalue weighted by molar-refractivity contribution is 0.572. The summed E-state index contributed by atoms with van der Waals surface area (Å²) in [7, 11) is -3.40. The number of nitrogens with two attached hydrogens (primary N) is 1. The standard InChI is InChI=1S/C13H16N2O2S/c1-13(2,18(3,16)17)12(15)11(9-14)10-7-5-4-6-8-10/h4-8H,15H2,1-3H3/b12-11+. The molecule has 1 rings (SSSR count). The maximum absolute atomic E-state index is 11.7. The molecule has 1 aromatic carbocycles. The SMILES string of the molecule is CC(C)(/C(N)=C(/C#N)c1ccccc1)S(C)(=O)=O. The van der Waals surface area contributed by atoms with Crippen LogP contribution < -0.4 is 5.73 Å². The Bertz CT molecular complexity index is 608. The summed E-state index contributed by atoms with van der Waals surface area (Å²) in [5.41, 5.74) is 6.79. The first-order valence-electron chi connectivity index (χ1n) is 5.37. The molecule has 0 aliphatic rings. The average Bonchev–Trinajstić information content (AvgIpc) is 2.29. The highest BCUT2D eigenvalue weighted by atomic mass is 32.2. The average molecular weight is 264 g/mol. The van der Waals surface area contributed by atoms with E-state index in [-0.39, 0.29) is 11.3 Å². The van der Waals surface area contributed by atoms with Gasteiger partial charge in [0, 0.05) is 12.0 Å². The summed E-state index contributed by atoms with van der Waals surface area (Å²) in [6, 6.07) is 10.8. The van der Waals surface area contributed by atoms with Gasteiger partial charge >= 0.3 is 0 Å². The van der Waals surface area contributed by atoms with Crippen molar-refractivity contribution < 1.29 is 8.42 Å². The van der Waals surface area contributed by atoms with E-state index >= 15 is 0 Å². The van der Waals surface area contributed by atoms with Crippen molar-refractivity contribution in [3.8, 4) is 6.07 Å². The van der Waals surface area contributed by atoms with Crippen molar-refractivity contribution in [2.45, 2.75) is 18.6 Å². The summed E-state index contributed by atoms with van der Waals surface area (Å²) < 4.78 is 22.2. The summed E-state index contributed by atoms with van der Waals surface area (Å²) in [6.45, 7) is 3.00. The van der Waals surface area contributed by atoms with Crippen molar-refractivity contribution >= 4 is 15.4 Å². The molecule has 5 heteroatoms. The van der Waals surface area contributed by atoms with Crippen LogP contribution in [0.15, 0.2) is 36.0 Å². The van der Waals surface area contributed by atoms with Crippen molar-refractivity contribution in [1.82, 2.24) is 0 Å². The predicted octanol–water partition coefficient (Wildman–Crippen LogP) is 1.70. The number of sulfone groups is 1.